The van der Waals surface area contributed by atoms with E-state index in [4.69, 9.17) is 15.2 Å². The fraction of sp³-hybridized carbons (Fsp3) is 0.294. The summed E-state index contributed by atoms with van der Waals surface area (Å²) in [5.41, 5.74) is 10.4. The van der Waals surface area contributed by atoms with Gasteiger partial charge in [0.1, 0.15) is 17.6 Å². The molecule has 1 heterocycles. The third-order valence-corrected chi connectivity index (χ3v) is 3.70. The predicted octanol–water partition coefficient (Wildman–Crippen LogP) is 2.93. The number of hydrogen-bond acceptors (Lipinski definition) is 3. The number of ether oxygens (including phenoxy) is 2. The minimum Gasteiger partial charge on any atom is -0.496 e. The third-order valence-electron chi connectivity index (χ3n) is 3.70. The summed E-state index contributed by atoms with van der Waals surface area (Å²) in [5.74, 6) is 1.82. The van der Waals surface area contributed by atoms with Crippen molar-refractivity contribution >= 4 is 0 Å². The third kappa shape index (κ3) is 2.14. The molecule has 3 rings (SSSR count). The van der Waals surface area contributed by atoms with Gasteiger partial charge in [0.15, 0.2) is 0 Å². The van der Waals surface area contributed by atoms with Gasteiger partial charge in [0, 0.05) is 24.1 Å². The van der Waals surface area contributed by atoms with Gasteiger partial charge in [-0.1, -0.05) is 24.3 Å². The largest absolute Gasteiger partial charge is 0.496 e. The van der Waals surface area contributed by atoms with Gasteiger partial charge < -0.3 is 15.2 Å². The average Bonchev–Trinajstić information content (AvgIpc) is 2.89. The second-order valence-corrected chi connectivity index (χ2v) is 5.18. The molecule has 0 saturated carbocycles. The van der Waals surface area contributed by atoms with Gasteiger partial charge >= 0.3 is 0 Å². The van der Waals surface area contributed by atoms with Crippen molar-refractivity contribution in [1.82, 2.24) is 0 Å². The summed E-state index contributed by atoms with van der Waals surface area (Å²) in [6.45, 7) is 2.65. The molecule has 0 saturated heterocycles. The second kappa shape index (κ2) is 5.17. The summed E-state index contributed by atoms with van der Waals surface area (Å²) in [5, 5.41) is 0. The maximum absolute atomic E-state index is 6.02. The summed E-state index contributed by atoms with van der Waals surface area (Å²) >= 11 is 0. The van der Waals surface area contributed by atoms with Crippen LogP contribution < -0.4 is 15.2 Å². The van der Waals surface area contributed by atoms with Crippen LogP contribution in [0.1, 0.15) is 11.1 Å². The van der Waals surface area contributed by atoms with E-state index in [0.29, 0.717) is 6.54 Å². The standard InChI is InChI=1S/C17H19NO2/c1-11-7-12-9-13(10-18)20-17(12)15(8-11)14-5-3-4-6-16(14)19-2/h3-8,13H,9-10,18H2,1-2H3. The summed E-state index contributed by atoms with van der Waals surface area (Å²) in [4.78, 5) is 0. The van der Waals surface area contributed by atoms with Gasteiger partial charge in [-0.25, -0.2) is 0 Å². The van der Waals surface area contributed by atoms with E-state index in [1.807, 2.05) is 18.2 Å². The van der Waals surface area contributed by atoms with Crippen LogP contribution in [0.5, 0.6) is 11.5 Å². The first-order valence-electron chi connectivity index (χ1n) is 6.86. The highest BCUT2D eigenvalue weighted by molar-refractivity contribution is 5.78. The zero-order valence-corrected chi connectivity index (χ0v) is 11.8. The molecule has 104 valence electrons. The molecular weight excluding hydrogens is 250 g/mol. The van der Waals surface area contributed by atoms with Gasteiger partial charge in [-0.2, -0.15) is 0 Å². The van der Waals surface area contributed by atoms with Crippen molar-refractivity contribution in [3.63, 3.8) is 0 Å². The maximum Gasteiger partial charge on any atom is 0.131 e. The molecule has 3 heteroatoms. The number of nitrogens with two attached hydrogens (primary N) is 1. The van der Waals surface area contributed by atoms with Crippen LogP contribution in [-0.4, -0.2) is 19.8 Å². The molecule has 0 spiro atoms. The van der Waals surface area contributed by atoms with Gasteiger partial charge in [0.05, 0.1) is 7.11 Å². The topological polar surface area (TPSA) is 44.5 Å². The molecule has 0 fully saturated rings. The van der Waals surface area contributed by atoms with Crippen LogP contribution in [-0.2, 0) is 6.42 Å². The van der Waals surface area contributed by atoms with E-state index in [9.17, 15) is 0 Å². The monoisotopic (exact) mass is 269 g/mol. The molecule has 0 bridgehead atoms. The first-order chi connectivity index (χ1) is 9.72. The van der Waals surface area contributed by atoms with Crippen molar-refractivity contribution in [3.8, 4) is 22.6 Å². The molecule has 0 radical (unpaired) electrons. The van der Waals surface area contributed by atoms with Crippen molar-refractivity contribution in [1.29, 1.82) is 0 Å². The Morgan fingerprint density at radius 1 is 1.25 bits per heavy atom. The number of hydrogen-bond donors (Lipinski definition) is 1. The molecule has 2 N–H and O–H groups in total. The molecule has 2 aromatic carbocycles. The maximum atomic E-state index is 6.02. The Labute approximate surface area is 119 Å². The molecule has 0 aliphatic carbocycles. The van der Waals surface area contributed by atoms with Gasteiger partial charge in [0.2, 0.25) is 0 Å². The average molecular weight is 269 g/mol. The van der Waals surface area contributed by atoms with Crippen molar-refractivity contribution in [2.24, 2.45) is 5.73 Å². The number of rotatable bonds is 3. The molecule has 20 heavy (non-hydrogen) atoms. The summed E-state index contributed by atoms with van der Waals surface area (Å²) in [6, 6.07) is 12.4. The Hall–Kier alpha value is -2.00. The van der Waals surface area contributed by atoms with Crippen LogP contribution in [0.2, 0.25) is 0 Å². The predicted molar refractivity (Wildman–Crippen MR) is 80.3 cm³/mol. The fourth-order valence-corrected chi connectivity index (χ4v) is 2.79. The van der Waals surface area contributed by atoms with Crippen molar-refractivity contribution in [3.05, 3.63) is 47.5 Å². The molecule has 1 aliphatic rings. The molecule has 1 atom stereocenters. The molecule has 3 nitrogen and oxygen atoms in total. The van der Waals surface area contributed by atoms with Crippen LogP contribution >= 0.6 is 0 Å². The van der Waals surface area contributed by atoms with Crippen molar-refractivity contribution in [2.75, 3.05) is 13.7 Å². The van der Waals surface area contributed by atoms with E-state index in [-0.39, 0.29) is 6.10 Å². The van der Waals surface area contributed by atoms with Crippen LogP contribution in [0.4, 0.5) is 0 Å². The van der Waals surface area contributed by atoms with E-state index in [1.165, 1.54) is 11.1 Å². The fourth-order valence-electron chi connectivity index (χ4n) is 2.79. The molecule has 1 aliphatic heterocycles. The van der Waals surface area contributed by atoms with E-state index in [2.05, 4.69) is 25.1 Å². The number of fused-ring (bicyclic) bond motifs is 1. The van der Waals surface area contributed by atoms with Gasteiger partial charge in [0.25, 0.3) is 0 Å². The second-order valence-electron chi connectivity index (χ2n) is 5.18. The Bertz CT molecular complexity index is 637. The molecule has 2 aromatic rings. The first-order valence-corrected chi connectivity index (χ1v) is 6.86. The molecule has 0 amide bonds. The van der Waals surface area contributed by atoms with E-state index in [0.717, 1.165) is 29.0 Å². The van der Waals surface area contributed by atoms with Crippen LogP contribution in [0.15, 0.2) is 36.4 Å². The zero-order chi connectivity index (χ0) is 14.1. The lowest BCUT2D eigenvalue weighted by Crippen LogP contribution is -2.24. The minimum atomic E-state index is 0.0836. The zero-order valence-electron chi connectivity index (χ0n) is 11.8. The van der Waals surface area contributed by atoms with Crippen molar-refractivity contribution in [2.45, 2.75) is 19.4 Å². The lowest BCUT2D eigenvalue weighted by molar-refractivity contribution is 0.242. The Balaban J connectivity index is 2.16. The van der Waals surface area contributed by atoms with Crippen LogP contribution in [0.25, 0.3) is 11.1 Å². The number of para-hydroxylation sites is 1. The smallest absolute Gasteiger partial charge is 0.131 e. The lowest BCUT2D eigenvalue weighted by atomic mass is 9.97. The minimum absolute atomic E-state index is 0.0836. The Morgan fingerprint density at radius 3 is 2.80 bits per heavy atom. The highest BCUT2D eigenvalue weighted by atomic mass is 16.5. The highest BCUT2D eigenvalue weighted by Crippen LogP contribution is 2.42. The van der Waals surface area contributed by atoms with E-state index < -0.39 is 0 Å². The lowest BCUT2D eigenvalue weighted by Gasteiger charge is -2.14. The Kier molecular flexibility index (Phi) is 3.36. The quantitative estimate of drug-likeness (QED) is 0.931. The number of aryl methyl sites for hydroxylation is 1. The number of benzene rings is 2. The normalized spacial score (nSPS) is 16.6. The first kappa shape index (κ1) is 13.0. The molecular formula is C17H19NO2. The molecule has 0 aromatic heterocycles. The van der Waals surface area contributed by atoms with E-state index in [1.54, 1.807) is 7.11 Å². The summed E-state index contributed by atoms with van der Waals surface area (Å²) in [6.07, 6.45) is 0.968. The Morgan fingerprint density at radius 2 is 2.05 bits per heavy atom. The molecule has 1 unspecified atom stereocenters. The van der Waals surface area contributed by atoms with E-state index >= 15 is 0 Å². The number of methoxy groups -OCH3 is 1. The highest BCUT2D eigenvalue weighted by Gasteiger charge is 2.26. The van der Waals surface area contributed by atoms with Gasteiger partial charge in [-0.05, 0) is 30.2 Å². The SMILES string of the molecule is COc1ccccc1-c1cc(C)cc2c1OC(CN)C2. The van der Waals surface area contributed by atoms with Gasteiger partial charge in [-0.15, -0.1) is 0 Å². The van der Waals surface area contributed by atoms with Crippen LogP contribution in [0, 0.1) is 6.92 Å². The van der Waals surface area contributed by atoms with Gasteiger partial charge in [-0.3, -0.25) is 0 Å². The van der Waals surface area contributed by atoms with Crippen molar-refractivity contribution < 1.29 is 9.47 Å². The summed E-state index contributed by atoms with van der Waals surface area (Å²) < 4.78 is 11.5. The van der Waals surface area contributed by atoms with Crippen LogP contribution in [0.3, 0.4) is 0 Å². The summed E-state index contributed by atoms with van der Waals surface area (Å²) in [7, 11) is 1.69.